The summed E-state index contributed by atoms with van der Waals surface area (Å²) in [4.78, 5) is 23.9. The quantitative estimate of drug-likeness (QED) is 0.163. The SMILES string of the molecule is CC(F)(F)c1cnc(COc2nc(-c3cc(F)c(Cc4nc5ccc(C(=O)O)cc5n4C4COCC4(C)C)cc3F)ccc2F)s1. The third-order valence-corrected chi connectivity index (χ3v) is 9.01. The van der Waals surface area contributed by atoms with Crippen molar-refractivity contribution in [3.8, 4) is 17.1 Å². The Morgan fingerprint density at radius 3 is 2.57 bits per heavy atom. The number of carbonyl (C=O) groups is 1. The van der Waals surface area contributed by atoms with Gasteiger partial charge in [-0.05, 0) is 48.0 Å². The summed E-state index contributed by atoms with van der Waals surface area (Å²) in [7, 11) is 0. The third-order valence-electron chi connectivity index (χ3n) is 7.87. The second-order valence-corrected chi connectivity index (χ2v) is 12.9. The monoisotopic (exact) mass is 658 g/mol. The van der Waals surface area contributed by atoms with E-state index in [-0.39, 0.29) is 56.8 Å². The van der Waals surface area contributed by atoms with Crippen LogP contribution in [0.15, 0.2) is 48.7 Å². The Hall–Kier alpha value is -4.43. The van der Waals surface area contributed by atoms with E-state index in [0.717, 1.165) is 31.3 Å². The van der Waals surface area contributed by atoms with Crippen molar-refractivity contribution in [3.05, 3.63) is 92.9 Å². The molecule has 4 heterocycles. The van der Waals surface area contributed by atoms with Crippen molar-refractivity contribution >= 4 is 28.3 Å². The molecule has 8 nitrogen and oxygen atoms in total. The predicted molar refractivity (Wildman–Crippen MR) is 159 cm³/mol. The molecule has 0 spiro atoms. The molecule has 1 atom stereocenters. The molecular formula is C32H27F5N4O4S. The van der Waals surface area contributed by atoms with Crippen molar-refractivity contribution in [1.82, 2.24) is 19.5 Å². The molecule has 1 aliphatic heterocycles. The molecule has 0 amide bonds. The number of halogens is 5. The van der Waals surface area contributed by atoms with Crippen LogP contribution < -0.4 is 4.74 Å². The van der Waals surface area contributed by atoms with Crippen LogP contribution in [0, 0.1) is 22.9 Å². The van der Waals surface area contributed by atoms with E-state index in [4.69, 9.17) is 9.47 Å². The summed E-state index contributed by atoms with van der Waals surface area (Å²) < 4.78 is 85.7. The minimum Gasteiger partial charge on any atom is -0.478 e. The van der Waals surface area contributed by atoms with E-state index >= 15 is 8.78 Å². The highest BCUT2D eigenvalue weighted by Gasteiger charge is 2.39. The number of rotatable bonds is 9. The highest BCUT2D eigenvalue weighted by molar-refractivity contribution is 7.11. The molecule has 0 saturated carbocycles. The molecule has 1 N–H and O–H groups in total. The number of thiazole rings is 1. The Balaban J connectivity index is 1.31. The van der Waals surface area contributed by atoms with Crippen LogP contribution in [0.4, 0.5) is 22.0 Å². The zero-order valence-electron chi connectivity index (χ0n) is 24.8. The fraction of sp³-hybridized carbons (Fsp3) is 0.312. The van der Waals surface area contributed by atoms with Gasteiger partial charge in [0.25, 0.3) is 11.8 Å². The maximum atomic E-state index is 15.6. The number of carboxylic acid groups (broad SMARTS) is 1. The number of aromatic carboxylic acids is 1. The van der Waals surface area contributed by atoms with Gasteiger partial charge in [-0.2, -0.15) is 0 Å². The number of carboxylic acids is 1. The molecule has 6 rings (SSSR count). The molecule has 0 aliphatic carbocycles. The minimum absolute atomic E-state index is 0.0149. The molecule has 1 aliphatic rings. The fourth-order valence-electron chi connectivity index (χ4n) is 5.40. The Labute approximate surface area is 263 Å². The van der Waals surface area contributed by atoms with E-state index in [0.29, 0.717) is 41.4 Å². The standard InChI is InChI=1S/C32H27F5N4O4S/c1-31(2)15-44-13-25(31)41-24-9-16(30(42)43)4-6-23(24)39-27(41)10-17-8-21(35)18(11-20(17)34)22-7-5-19(33)29(40-22)45-14-28-38-12-26(46-28)32(3,36)37/h4-9,11-12,25H,10,13-15H2,1-3H3,(H,42,43). The van der Waals surface area contributed by atoms with Crippen molar-refractivity contribution in [3.63, 3.8) is 0 Å². The van der Waals surface area contributed by atoms with E-state index in [1.54, 1.807) is 6.07 Å². The van der Waals surface area contributed by atoms with Gasteiger partial charge in [0.1, 0.15) is 29.1 Å². The van der Waals surface area contributed by atoms with Crippen LogP contribution >= 0.6 is 11.3 Å². The van der Waals surface area contributed by atoms with Crippen molar-refractivity contribution in [1.29, 1.82) is 0 Å². The van der Waals surface area contributed by atoms with Gasteiger partial charge in [0, 0.05) is 30.5 Å². The van der Waals surface area contributed by atoms with Gasteiger partial charge >= 0.3 is 5.97 Å². The molecule has 2 aromatic carbocycles. The molecule has 46 heavy (non-hydrogen) atoms. The summed E-state index contributed by atoms with van der Waals surface area (Å²) >= 11 is 0.698. The number of imidazole rings is 1. The second kappa shape index (κ2) is 11.7. The van der Waals surface area contributed by atoms with Gasteiger partial charge in [-0.3, -0.25) is 0 Å². The Bertz CT molecular complexity index is 1970. The summed E-state index contributed by atoms with van der Waals surface area (Å²) in [5.41, 5.74) is 0.367. The lowest BCUT2D eigenvalue weighted by molar-refractivity contribution is 0.0213. The highest BCUT2D eigenvalue weighted by Crippen LogP contribution is 2.41. The largest absolute Gasteiger partial charge is 0.478 e. The van der Waals surface area contributed by atoms with Gasteiger partial charge in [0.05, 0.1) is 46.4 Å². The first kappa shape index (κ1) is 31.5. The Kier molecular flexibility index (Phi) is 8.05. The lowest BCUT2D eigenvalue weighted by atomic mass is 9.87. The van der Waals surface area contributed by atoms with Gasteiger partial charge in [0.2, 0.25) is 0 Å². The topological polar surface area (TPSA) is 99.4 Å². The smallest absolute Gasteiger partial charge is 0.335 e. The molecule has 0 bridgehead atoms. The molecule has 5 aromatic rings. The summed E-state index contributed by atoms with van der Waals surface area (Å²) in [6.45, 7) is 5.15. The molecule has 240 valence electrons. The maximum absolute atomic E-state index is 15.6. The number of benzene rings is 2. The second-order valence-electron chi connectivity index (χ2n) is 11.8. The zero-order chi connectivity index (χ0) is 33.0. The van der Waals surface area contributed by atoms with Crippen LogP contribution in [0.3, 0.4) is 0 Å². The first-order valence-electron chi connectivity index (χ1n) is 14.1. The summed E-state index contributed by atoms with van der Waals surface area (Å²) in [5.74, 6) is -6.83. The number of alkyl halides is 2. The molecule has 3 aromatic heterocycles. The number of nitrogens with zero attached hydrogens (tertiary/aromatic N) is 4. The number of hydrogen-bond acceptors (Lipinski definition) is 7. The van der Waals surface area contributed by atoms with Crippen LogP contribution in [0.1, 0.15) is 58.4 Å². The van der Waals surface area contributed by atoms with Crippen molar-refractivity contribution in [2.75, 3.05) is 13.2 Å². The van der Waals surface area contributed by atoms with E-state index < -0.39 is 35.2 Å². The molecule has 1 fully saturated rings. The minimum atomic E-state index is -3.09. The van der Waals surface area contributed by atoms with E-state index in [1.165, 1.54) is 18.2 Å². The van der Waals surface area contributed by atoms with Crippen LogP contribution in [0.2, 0.25) is 0 Å². The number of fused-ring (bicyclic) bond motifs is 1. The third kappa shape index (κ3) is 6.06. The average Bonchev–Trinajstić information content (AvgIpc) is 3.70. The average molecular weight is 659 g/mol. The molecular weight excluding hydrogens is 631 g/mol. The van der Waals surface area contributed by atoms with E-state index in [2.05, 4.69) is 15.0 Å². The number of aromatic nitrogens is 4. The number of pyridine rings is 1. The highest BCUT2D eigenvalue weighted by atomic mass is 32.1. The lowest BCUT2D eigenvalue weighted by Crippen LogP contribution is -2.27. The molecule has 1 saturated heterocycles. The summed E-state index contributed by atoms with van der Waals surface area (Å²) in [6.07, 6.45) is 0.887. The van der Waals surface area contributed by atoms with Gasteiger partial charge in [0.15, 0.2) is 5.82 Å². The summed E-state index contributed by atoms with van der Waals surface area (Å²) in [5, 5.41) is 9.72. The van der Waals surface area contributed by atoms with Gasteiger partial charge in [-0.25, -0.2) is 41.7 Å². The van der Waals surface area contributed by atoms with Crippen LogP contribution in [-0.4, -0.2) is 43.8 Å². The fourth-order valence-corrected chi connectivity index (χ4v) is 6.16. The van der Waals surface area contributed by atoms with E-state index in [1.807, 2.05) is 18.4 Å². The maximum Gasteiger partial charge on any atom is 0.335 e. The Morgan fingerprint density at radius 2 is 1.89 bits per heavy atom. The van der Waals surface area contributed by atoms with Gasteiger partial charge in [-0.15, -0.1) is 11.3 Å². The number of hydrogen-bond donors (Lipinski definition) is 1. The molecule has 0 radical (unpaired) electrons. The van der Waals surface area contributed by atoms with Crippen LogP contribution in [-0.2, 0) is 23.7 Å². The predicted octanol–water partition coefficient (Wildman–Crippen LogP) is 7.55. The molecule has 1 unspecified atom stereocenters. The van der Waals surface area contributed by atoms with Crippen molar-refractivity contribution in [2.24, 2.45) is 5.41 Å². The van der Waals surface area contributed by atoms with E-state index in [9.17, 15) is 23.1 Å². The van der Waals surface area contributed by atoms with Crippen molar-refractivity contribution < 1.29 is 41.3 Å². The Morgan fingerprint density at radius 1 is 1.11 bits per heavy atom. The van der Waals surface area contributed by atoms with Crippen LogP contribution in [0.25, 0.3) is 22.3 Å². The molecule has 14 heteroatoms. The normalized spacial score (nSPS) is 16.3. The first-order chi connectivity index (χ1) is 21.7. The zero-order valence-corrected chi connectivity index (χ0v) is 25.6. The van der Waals surface area contributed by atoms with Gasteiger partial charge < -0.3 is 19.1 Å². The first-order valence-corrected chi connectivity index (χ1v) is 15.0. The van der Waals surface area contributed by atoms with Crippen LogP contribution in [0.5, 0.6) is 5.88 Å². The number of ether oxygens (including phenoxy) is 2. The van der Waals surface area contributed by atoms with Crippen molar-refractivity contribution in [2.45, 2.75) is 45.8 Å². The van der Waals surface area contributed by atoms with Gasteiger partial charge in [-0.1, -0.05) is 13.8 Å². The summed E-state index contributed by atoms with van der Waals surface area (Å²) in [6, 6.07) is 8.38. The lowest BCUT2D eigenvalue weighted by Gasteiger charge is -2.28.